The molecule has 0 aliphatic carbocycles. The summed E-state index contributed by atoms with van der Waals surface area (Å²) in [5.41, 5.74) is 1.40. The molecule has 204 valence electrons. The summed E-state index contributed by atoms with van der Waals surface area (Å²) in [6.07, 6.45) is 0. The summed E-state index contributed by atoms with van der Waals surface area (Å²) in [5, 5.41) is 0.288. The smallest absolute Gasteiger partial charge is 0.336 e. The van der Waals surface area contributed by atoms with E-state index in [-0.39, 0.29) is 52.7 Å². The van der Waals surface area contributed by atoms with Gasteiger partial charge in [-0.1, -0.05) is 41.9 Å². The highest BCUT2D eigenvalue weighted by Crippen LogP contribution is 2.43. The summed E-state index contributed by atoms with van der Waals surface area (Å²) in [5.74, 6) is -3.91. The minimum absolute atomic E-state index is 0.0698. The fourth-order valence-electron chi connectivity index (χ4n) is 4.75. The molecule has 0 aromatic heterocycles. The highest BCUT2D eigenvalue weighted by Gasteiger charge is 2.45. The maximum Gasteiger partial charge on any atom is 0.336 e. The van der Waals surface area contributed by atoms with Gasteiger partial charge in [0.05, 0.1) is 41.8 Å². The summed E-state index contributed by atoms with van der Waals surface area (Å²) >= 11 is 7.79. The Balaban J connectivity index is 1.64. The normalized spacial score (nSPS) is 18.7. The summed E-state index contributed by atoms with van der Waals surface area (Å²) in [7, 11) is 1.18. The molecule has 2 aromatic rings. The van der Waals surface area contributed by atoms with Gasteiger partial charge in [0.25, 0.3) is 11.8 Å². The number of amides is 2. The van der Waals surface area contributed by atoms with Crippen molar-refractivity contribution >= 4 is 52.8 Å². The summed E-state index contributed by atoms with van der Waals surface area (Å²) < 4.78 is 24.6. The van der Waals surface area contributed by atoms with Crippen molar-refractivity contribution in [2.75, 3.05) is 38.4 Å². The number of alkyl halides is 1. The standard InChI is InChI=1S/C28H26ClFN2O6S/c1-3-38-28(36)24-21(15-39-13-12-32-25(33)16-8-4-5-9-17(16)26(32)34)31-20(14-30)23(27(35)37-2)22(24)18-10-6-7-11-19(18)29/h4-11,22-23H,3,12-15H2,1-2H3. The SMILES string of the molecule is CCOC(=O)C1=C(CSCCN2C(=O)c3ccccc3C2=O)N=C(CF)C(C(=O)OC)C1c1ccccc1Cl. The molecule has 0 bridgehead atoms. The number of ether oxygens (including phenoxy) is 2. The molecule has 0 spiro atoms. The minimum atomic E-state index is -1.22. The molecule has 2 aliphatic rings. The molecular formula is C28H26ClFN2O6S. The van der Waals surface area contributed by atoms with E-state index < -0.39 is 30.4 Å². The van der Waals surface area contributed by atoms with E-state index in [1.54, 1.807) is 55.5 Å². The molecule has 2 amide bonds. The molecule has 11 heteroatoms. The first kappa shape index (κ1) is 28.5. The third-order valence-corrected chi connectivity index (χ3v) is 7.79. The molecule has 2 aliphatic heterocycles. The third-order valence-electron chi connectivity index (χ3n) is 6.50. The van der Waals surface area contributed by atoms with E-state index in [0.29, 0.717) is 22.4 Å². The van der Waals surface area contributed by atoms with Gasteiger partial charge in [0.15, 0.2) is 0 Å². The zero-order valence-electron chi connectivity index (χ0n) is 21.3. The lowest BCUT2D eigenvalue weighted by molar-refractivity contribution is -0.144. The van der Waals surface area contributed by atoms with E-state index in [1.165, 1.54) is 23.8 Å². The number of carbonyl (C=O) groups excluding carboxylic acids is 4. The highest BCUT2D eigenvalue weighted by molar-refractivity contribution is 7.99. The van der Waals surface area contributed by atoms with Crippen molar-refractivity contribution in [1.82, 2.24) is 4.90 Å². The van der Waals surface area contributed by atoms with Crippen molar-refractivity contribution in [1.29, 1.82) is 0 Å². The largest absolute Gasteiger partial charge is 0.468 e. The van der Waals surface area contributed by atoms with Gasteiger partial charge in [-0.05, 0) is 30.7 Å². The zero-order chi connectivity index (χ0) is 28.1. The van der Waals surface area contributed by atoms with Crippen molar-refractivity contribution < 1.29 is 33.0 Å². The molecular weight excluding hydrogens is 547 g/mol. The second kappa shape index (κ2) is 12.6. The summed E-state index contributed by atoms with van der Waals surface area (Å²) in [6.45, 7) is 0.814. The van der Waals surface area contributed by atoms with Crippen LogP contribution in [0.4, 0.5) is 4.39 Å². The summed E-state index contributed by atoms with van der Waals surface area (Å²) in [6, 6.07) is 13.3. The van der Waals surface area contributed by atoms with Gasteiger partial charge in [-0.2, -0.15) is 11.8 Å². The van der Waals surface area contributed by atoms with Crippen molar-refractivity contribution in [2.24, 2.45) is 10.9 Å². The second-order valence-electron chi connectivity index (χ2n) is 8.68. The Kier molecular flexibility index (Phi) is 9.19. The zero-order valence-corrected chi connectivity index (χ0v) is 22.9. The van der Waals surface area contributed by atoms with Crippen molar-refractivity contribution in [3.05, 3.63) is 81.5 Å². The number of nitrogens with zero attached hydrogens (tertiary/aromatic N) is 2. The van der Waals surface area contributed by atoms with Crippen LogP contribution in [0.5, 0.6) is 0 Å². The van der Waals surface area contributed by atoms with Crippen molar-refractivity contribution in [3.8, 4) is 0 Å². The van der Waals surface area contributed by atoms with Crippen LogP contribution in [0.3, 0.4) is 0 Å². The number of esters is 2. The van der Waals surface area contributed by atoms with Gasteiger partial charge in [-0.25, -0.2) is 9.18 Å². The average molecular weight is 573 g/mol. The monoisotopic (exact) mass is 572 g/mol. The molecule has 8 nitrogen and oxygen atoms in total. The van der Waals surface area contributed by atoms with Crippen LogP contribution in [-0.2, 0) is 19.1 Å². The Labute approximate surface area is 234 Å². The Morgan fingerprint density at radius 1 is 1.08 bits per heavy atom. The first-order chi connectivity index (χ1) is 18.8. The number of rotatable bonds is 10. The van der Waals surface area contributed by atoms with Crippen LogP contribution < -0.4 is 0 Å². The lowest BCUT2D eigenvalue weighted by Crippen LogP contribution is -2.39. The van der Waals surface area contributed by atoms with Crippen LogP contribution in [0, 0.1) is 5.92 Å². The number of benzene rings is 2. The van der Waals surface area contributed by atoms with Gasteiger partial charge in [-0.15, -0.1) is 0 Å². The molecule has 0 radical (unpaired) electrons. The molecule has 2 aromatic carbocycles. The number of aliphatic imine (C=N–C) groups is 1. The average Bonchev–Trinajstić information content (AvgIpc) is 3.19. The van der Waals surface area contributed by atoms with E-state index in [1.807, 2.05) is 0 Å². The molecule has 0 saturated carbocycles. The maximum atomic E-state index is 14.3. The number of hydrogen-bond donors (Lipinski definition) is 0. The number of imide groups is 1. The fourth-order valence-corrected chi connectivity index (χ4v) is 5.87. The molecule has 4 rings (SSSR count). The number of carbonyl (C=O) groups is 4. The van der Waals surface area contributed by atoms with E-state index in [4.69, 9.17) is 21.1 Å². The lowest BCUT2D eigenvalue weighted by Gasteiger charge is -2.32. The van der Waals surface area contributed by atoms with E-state index in [9.17, 15) is 23.6 Å². The van der Waals surface area contributed by atoms with E-state index >= 15 is 0 Å². The van der Waals surface area contributed by atoms with Gasteiger partial charge in [-0.3, -0.25) is 24.3 Å². The quantitative estimate of drug-likeness (QED) is 0.235. The fraction of sp³-hybridized carbons (Fsp3) is 0.321. The molecule has 39 heavy (non-hydrogen) atoms. The van der Waals surface area contributed by atoms with Crippen LogP contribution in [0.15, 0.2) is 64.8 Å². The second-order valence-corrected chi connectivity index (χ2v) is 10.2. The van der Waals surface area contributed by atoms with Crippen LogP contribution in [0.2, 0.25) is 5.02 Å². The third kappa shape index (κ3) is 5.62. The molecule has 2 heterocycles. The Morgan fingerprint density at radius 3 is 2.31 bits per heavy atom. The van der Waals surface area contributed by atoms with E-state index in [0.717, 1.165) is 0 Å². The van der Waals surface area contributed by atoms with Crippen molar-refractivity contribution in [3.63, 3.8) is 0 Å². The van der Waals surface area contributed by atoms with E-state index in [2.05, 4.69) is 4.99 Å². The first-order valence-electron chi connectivity index (χ1n) is 12.2. The maximum absolute atomic E-state index is 14.3. The Bertz CT molecular complexity index is 1340. The molecule has 2 unspecified atom stereocenters. The molecule has 0 fully saturated rings. The Hall–Kier alpha value is -3.50. The number of halogens is 2. The number of methoxy groups -OCH3 is 1. The van der Waals surface area contributed by atoms with Gasteiger partial charge in [0.1, 0.15) is 12.6 Å². The van der Waals surface area contributed by atoms with Crippen molar-refractivity contribution in [2.45, 2.75) is 12.8 Å². The lowest BCUT2D eigenvalue weighted by atomic mass is 9.75. The van der Waals surface area contributed by atoms with Crippen LogP contribution in [0.25, 0.3) is 0 Å². The van der Waals surface area contributed by atoms with Crippen LogP contribution in [0.1, 0.15) is 39.1 Å². The molecule has 0 saturated heterocycles. The molecule has 0 N–H and O–H groups in total. The first-order valence-corrected chi connectivity index (χ1v) is 13.8. The highest BCUT2D eigenvalue weighted by atomic mass is 35.5. The van der Waals surface area contributed by atoms with Crippen LogP contribution in [-0.4, -0.2) is 72.8 Å². The predicted octanol–water partition coefficient (Wildman–Crippen LogP) is 4.48. The minimum Gasteiger partial charge on any atom is -0.468 e. The van der Waals surface area contributed by atoms with Crippen LogP contribution >= 0.6 is 23.4 Å². The van der Waals surface area contributed by atoms with Gasteiger partial charge >= 0.3 is 11.9 Å². The number of thioether (sulfide) groups is 1. The topological polar surface area (TPSA) is 102 Å². The molecule has 2 atom stereocenters. The summed E-state index contributed by atoms with van der Waals surface area (Å²) in [4.78, 5) is 57.0. The van der Waals surface area contributed by atoms with Gasteiger partial charge in [0.2, 0.25) is 0 Å². The number of fused-ring (bicyclic) bond motifs is 1. The number of hydrogen-bond acceptors (Lipinski definition) is 8. The Morgan fingerprint density at radius 2 is 1.72 bits per heavy atom. The van der Waals surface area contributed by atoms with Gasteiger partial charge in [0, 0.05) is 29.0 Å². The predicted molar refractivity (Wildman–Crippen MR) is 146 cm³/mol. The van der Waals surface area contributed by atoms with Gasteiger partial charge < -0.3 is 9.47 Å².